The second kappa shape index (κ2) is 7.85. The van der Waals surface area contributed by atoms with E-state index in [9.17, 15) is 4.79 Å². The van der Waals surface area contributed by atoms with Crippen molar-refractivity contribution in [2.75, 3.05) is 18.0 Å². The maximum atomic E-state index is 12.2. The quantitative estimate of drug-likeness (QED) is 0.255. The van der Waals surface area contributed by atoms with E-state index < -0.39 is 0 Å². The van der Waals surface area contributed by atoms with Crippen molar-refractivity contribution in [3.05, 3.63) is 83.0 Å². The molecule has 0 aliphatic carbocycles. The Morgan fingerprint density at radius 1 is 0.871 bits per heavy atom. The molecule has 0 spiro atoms. The summed E-state index contributed by atoms with van der Waals surface area (Å²) in [7, 11) is 0. The first kappa shape index (κ1) is 19.3. The highest BCUT2D eigenvalue weighted by molar-refractivity contribution is 6.09. The predicted molar refractivity (Wildman–Crippen MR) is 127 cm³/mol. The first-order valence-corrected chi connectivity index (χ1v) is 10.6. The van der Waals surface area contributed by atoms with Gasteiger partial charge in [0.15, 0.2) is 16.6 Å². The summed E-state index contributed by atoms with van der Waals surface area (Å²) in [6.07, 6.45) is 0. The molecule has 0 radical (unpaired) electrons. The lowest BCUT2D eigenvalue weighted by atomic mass is 10.1. The van der Waals surface area contributed by atoms with Crippen molar-refractivity contribution in [2.45, 2.75) is 13.8 Å². The largest absolute Gasteiger partial charge is 0.452 e. The Labute approximate surface area is 179 Å². The average molecular weight is 410 g/mol. The number of benzene rings is 4. The Kier molecular flexibility index (Phi) is 4.88. The van der Waals surface area contributed by atoms with Gasteiger partial charge in [-0.15, -0.1) is 0 Å². The van der Waals surface area contributed by atoms with Crippen molar-refractivity contribution < 1.29 is 9.73 Å². The number of aromatic nitrogens is 1. The van der Waals surface area contributed by atoms with Crippen molar-refractivity contribution in [3.63, 3.8) is 0 Å². The van der Waals surface area contributed by atoms with Crippen LogP contribution >= 0.6 is 0 Å². The molecule has 2 N–H and O–H groups in total. The smallest absolute Gasteiger partial charge is 0.179 e. The van der Waals surface area contributed by atoms with Gasteiger partial charge in [-0.25, -0.2) is 4.98 Å². The third-order valence-corrected chi connectivity index (χ3v) is 5.72. The van der Waals surface area contributed by atoms with Gasteiger partial charge in [-0.05, 0) is 56.3 Å². The molecule has 0 saturated carbocycles. The summed E-state index contributed by atoms with van der Waals surface area (Å²) in [5, 5.41) is 3.90. The maximum Gasteiger partial charge on any atom is 0.179 e. The monoisotopic (exact) mass is 410 g/mol. The minimum Gasteiger partial charge on any atom is -0.452 e. The molecule has 1 aromatic heterocycles. The second-order valence-corrected chi connectivity index (χ2v) is 7.61. The molecule has 5 rings (SSSR count). The van der Waals surface area contributed by atoms with Gasteiger partial charge < -0.3 is 9.32 Å². The van der Waals surface area contributed by atoms with Crippen LogP contribution in [0.4, 0.5) is 17.1 Å². The Morgan fingerprint density at radius 2 is 1.68 bits per heavy atom. The lowest BCUT2D eigenvalue weighted by molar-refractivity contribution is -0.476. The van der Waals surface area contributed by atoms with Crippen LogP contribution in [0.5, 0.6) is 0 Å². The molecule has 0 fully saturated rings. The minimum absolute atomic E-state index is 0.0376. The number of nitrogens with zero attached hydrogens (tertiary/aromatic N) is 2. The fourth-order valence-electron chi connectivity index (χ4n) is 4.13. The number of anilines is 1. The van der Waals surface area contributed by atoms with Crippen LogP contribution < -0.4 is 15.6 Å². The number of para-hydroxylation sites is 1. The molecule has 5 heteroatoms. The van der Waals surface area contributed by atoms with E-state index in [-0.39, 0.29) is 5.43 Å². The molecule has 31 heavy (non-hydrogen) atoms. The van der Waals surface area contributed by atoms with E-state index >= 15 is 0 Å². The van der Waals surface area contributed by atoms with Crippen LogP contribution in [0.2, 0.25) is 0 Å². The van der Waals surface area contributed by atoms with E-state index in [4.69, 9.17) is 9.40 Å². The molecule has 0 aliphatic heterocycles. The summed E-state index contributed by atoms with van der Waals surface area (Å²) in [6.45, 7) is 6.13. The summed E-state index contributed by atoms with van der Waals surface area (Å²) >= 11 is 0. The SMILES string of the molecule is CCN(CC)c1ccc2nc3c(cc([NH2+]c4ccccc4)c4ccc(=O)cc43)oc2c1. The molecule has 1 heterocycles. The summed E-state index contributed by atoms with van der Waals surface area (Å²) in [5.41, 5.74) is 6.06. The molecule has 0 bridgehead atoms. The van der Waals surface area contributed by atoms with Gasteiger partial charge in [0.1, 0.15) is 22.4 Å². The molecule has 0 amide bonds. The van der Waals surface area contributed by atoms with Crippen LogP contribution in [-0.2, 0) is 0 Å². The Bertz CT molecular complexity index is 1450. The lowest BCUT2D eigenvalue weighted by Gasteiger charge is -2.21. The maximum absolute atomic E-state index is 12.2. The Hall–Kier alpha value is -3.70. The van der Waals surface area contributed by atoms with Crippen molar-refractivity contribution in [3.8, 4) is 0 Å². The average Bonchev–Trinajstić information content (AvgIpc) is 2.79. The van der Waals surface area contributed by atoms with Gasteiger partial charge >= 0.3 is 0 Å². The number of rotatable bonds is 5. The van der Waals surface area contributed by atoms with Crippen LogP contribution in [0.25, 0.3) is 33.0 Å². The Balaban J connectivity index is 1.76. The summed E-state index contributed by atoms with van der Waals surface area (Å²) in [6, 6.07) is 23.4. The highest BCUT2D eigenvalue weighted by Crippen LogP contribution is 2.31. The summed E-state index contributed by atoms with van der Waals surface area (Å²) in [4.78, 5) is 19.3. The summed E-state index contributed by atoms with van der Waals surface area (Å²) in [5.74, 6) is 0. The van der Waals surface area contributed by atoms with E-state index in [0.29, 0.717) is 11.1 Å². The molecule has 5 aromatic rings. The first-order valence-electron chi connectivity index (χ1n) is 10.6. The van der Waals surface area contributed by atoms with Crippen molar-refractivity contribution in [2.24, 2.45) is 0 Å². The fraction of sp³-hybridized carbons (Fsp3) is 0.154. The van der Waals surface area contributed by atoms with E-state index in [2.05, 4.69) is 42.3 Å². The second-order valence-electron chi connectivity index (χ2n) is 7.61. The van der Waals surface area contributed by atoms with E-state index in [1.54, 1.807) is 12.1 Å². The van der Waals surface area contributed by atoms with E-state index in [0.717, 1.165) is 52.0 Å². The number of hydrogen-bond donors (Lipinski definition) is 1. The molecule has 5 nitrogen and oxygen atoms in total. The fourth-order valence-corrected chi connectivity index (χ4v) is 4.13. The highest BCUT2D eigenvalue weighted by Gasteiger charge is 2.15. The van der Waals surface area contributed by atoms with Crippen molar-refractivity contribution in [1.29, 1.82) is 0 Å². The molecule has 0 atom stereocenters. The van der Waals surface area contributed by atoms with Crippen LogP contribution in [0, 0.1) is 0 Å². The molecular weight excluding hydrogens is 386 g/mol. The zero-order valence-electron chi connectivity index (χ0n) is 17.6. The molecular formula is C26H24N3O2+. The number of hydrogen-bond acceptors (Lipinski definition) is 4. The van der Waals surface area contributed by atoms with Gasteiger partial charge in [0.2, 0.25) is 0 Å². The third-order valence-electron chi connectivity index (χ3n) is 5.72. The lowest BCUT2D eigenvalue weighted by Crippen LogP contribution is -2.71. The topological polar surface area (TPSA) is 63.0 Å². The zero-order chi connectivity index (χ0) is 21.4. The van der Waals surface area contributed by atoms with Crippen molar-refractivity contribution >= 4 is 50.0 Å². The van der Waals surface area contributed by atoms with Crippen LogP contribution in [0.15, 0.2) is 82.0 Å². The van der Waals surface area contributed by atoms with Gasteiger partial charge in [-0.2, -0.15) is 0 Å². The van der Waals surface area contributed by atoms with Gasteiger partial charge in [0.05, 0.1) is 0 Å². The molecule has 154 valence electrons. The molecule has 4 aromatic carbocycles. The number of nitrogens with two attached hydrogens (primary N) is 1. The van der Waals surface area contributed by atoms with Gasteiger partial charge in [-0.1, -0.05) is 18.2 Å². The highest BCUT2D eigenvalue weighted by atomic mass is 16.3. The van der Waals surface area contributed by atoms with Gasteiger partial charge in [-0.3, -0.25) is 10.1 Å². The Morgan fingerprint density at radius 3 is 2.45 bits per heavy atom. The van der Waals surface area contributed by atoms with Crippen LogP contribution in [-0.4, -0.2) is 18.1 Å². The zero-order valence-corrected chi connectivity index (χ0v) is 17.6. The third kappa shape index (κ3) is 3.53. The molecule has 0 unspecified atom stereocenters. The van der Waals surface area contributed by atoms with E-state index in [1.165, 1.54) is 0 Å². The first-order chi connectivity index (χ1) is 15.2. The minimum atomic E-state index is -0.0376. The van der Waals surface area contributed by atoms with Crippen LogP contribution in [0.3, 0.4) is 0 Å². The van der Waals surface area contributed by atoms with Gasteiger partial charge in [0.25, 0.3) is 0 Å². The predicted octanol–water partition coefficient (Wildman–Crippen LogP) is 4.87. The molecule has 0 aliphatic rings. The number of quaternary nitrogens is 1. The molecule has 0 saturated heterocycles. The summed E-state index contributed by atoms with van der Waals surface area (Å²) < 4.78 is 6.34. The number of fused-ring (bicyclic) bond motifs is 4. The standard InChI is InChI=1S/C26H23N3O2/c1-3-29(4-2)18-10-13-22-24(14-18)31-25-16-23(27-17-8-6-5-7-9-17)20-12-11-19(30)15-21(20)26(25)28-22/h5-16,27H,3-4H2,1-2H3/p+1. The van der Waals surface area contributed by atoms with E-state index in [1.807, 2.05) is 42.5 Å². The normalized spacial score (nSPS) is 11.4. The van der Waals surface area contributed by atoms with Crippen LogP contribution in [0.1, 0.15) is 13.8 Å². The van der Waals surface area contributed by atoms with Crippen molar-refractivity contribution in [1.82, 2.24) is 4.98 Å². The van der Waals surface area contributed by atoms with Gasteiger partial charge in [0, 0.05) is 41.7 Å².